The van der Waals surface area contributed by atoms with E-state index in [1.54, 1.807) is 7.11 Å². The Kier molecular flexibility index (Phi) is 8.57. The molecule has 0 aromatic heterocycles. The van der Waals surface area contributed by atoms with E-state index < -0.39 is 0 Å². The molecule has 4 heteroatoms. The van der Waals surface area contributed by atoms with Crippen LogP contribution in [0.3, 0.4) is 0 Å². The van der Waals surface area contributed by atoms with Crippen LogP contribution in [-0.2, 0) is 14.3 Å². The lowest BCUT2D eigenvalue weighted by molar-refractivity contribution is -0.142. The summed E-state index contributed by atoms with van der Waals surface area (Å²) < 4.78 is 9.89. The average molecular weight is 203 g/mol. The van der Waals surface area contributed by atoms with E-state index in [2.05, 4.69) is 0 Å². The minimum Gasteiger partial charge on any atom is -0.385 e. The van der Waals surface area contributed by atoms with Crippen LogP contribution in [0.5, 0.6) is 0 Å². The molecule has 4 nitrogen and oxygen atoms in total. The Morgan fingerprint density at radius 2 is 2.21 bits per heavy atom. The number of carbonyl (C=O) groups is 1. The highest BCUT2D eigenvalue weighted by molar-refractivity contribution is 5.77. The Hall–Kier alpha value is -0.610. The lowest BCUT2D eigenvalue weighted by Gasteiger charge is -2.26. The van der Waals surface area contributed by atoms with Gasteiger partial charge in [-0.05, 0) is 6.42 Å². The third kappa shape index (κ3) is 5.19. The SMILES string of the molecule is CC.COCCCN1CCOCC1=O. The van der Waals surface area contributed by atoms with Gasteiger partial charge in [0.25, 0.3) is 0 Å². The minimum absolute atomic E-state index is 0.0948. The van der Waals surface area contributed by atoms with Crippen molar-refractivity contribution in [1.29, 1.82) is 0 Å². The van der Waals surface area contributed by atoms with E-state index in [9.17, 15) is 4.79 Å². The molecule has 0 unspecified atom stereocenters. The predicted molar refractivity (Wildman–Crippen MR) is 55.2 cm³/mol. The summed E-state index contributed by atoms with van der Waals surface area (Å²) in [5.41, 5.74) is 0. The number of ether oxygens (including phenoxy) is 2. The van der Waals surface area contributed by atoms with Crippen LogP contribution < -0.4 is 0 Å². The molecule has 1 heterocycles. The number of rotatable bonds is 4. The van der Waals surface area contributed by atoms with Gasteiger partial charge < -0.3 is 14.4 Å². The summed E-state index contributed by atoms with van der Waals surface area (Å²) in [5.74, 6) is 0.0948. The molecule has 1 rings (SSSR count). The standard InChI is InChI=1S/C8H15NO3.C2H6/c1-11-5-2-3-9-4-6-12-7-8(9)10;1-2/h2-7H2,1H3;1-2H3. The van der Waals surface area contributed by atoms with E-state index in [0.29, 0.717) is 13.2 Å². The molecule has 0 atom stereocenters. The summed E-state index contributed by atoms with van der Waals surface area (Å²) in [6.07, 6.45) is 0.905. The predicted octanol–water partition coefficient (Wildman–Crippen LogP) is 0.908. The van der Waals surface area contributed by atoms with Gasteiger partial charge in [-0.15, -0.1) is 0 Å². The lowest BCUT2D eigenvalue weighted by atomic mass is 10.3. The van der Waals surface area contributed by atoms with Gasteiger partial charge in [-0.1, -0.05) is 13.8 Å². The second-order valence-corrected chi connectivity index (χ2v) is 2.78. The second kappa shape index (κ2) is 8.97. The number of methoxy groups -OCH3 is 1. The first-order valence-electron chi connectivity index (χ1n) is 5.19. The van der Waals surface area contributed by atoms with Gasteiger partial charge in [0.15, 0.2) is 0 Å². The molecule has 1 aliphatic heterocycles. The van der Waals surface area contributed by atoms with Gasteiger partial charge in [0.2, 0.25) is 5.91 Å². The number of hydrogen-bond donors (Lipinski definition) is 0. The quantitative estimate of drug-likeness (QED) is 0.637. The number of morpholine rings is 1. The van der Waals surface area contributed by atoms with Crippen LogP contribution in [0, 0.1) is 0 Å². The molecular weight excluding hydrogens is 182 g/mol. The Morgan fingerprint density at radius 1 is 1.50 bits per heavy atom. The lowest BCUT2D eigenvalue weighted by Crippen LogP contribution is -2.42. The highest BCUT2D eigenvalue weighted by atomic mass is 16.5. The molecule has 0 aliphatic carbocycles. The summed E-state index contributed by atoms with van der Waals surface area (Å²) in [4.78, 5) is 13.0. The van der Waals surface area contributed by atoms with E-state index in [0.717, 1.165) is 19.5 Å². The molecule has 1 saturated heterocycles. The Bertz CT molecular complexity index is 150. The van der Waals surface area contributed by atoms with Crippen molar-refractivity contribution >= 4 is 5.91 Å². The van der Waals surface area contributed by atoms with Gasteiger partial charge in [-0.2, -0.15) is 0 Å². The van der Waals surface area contributed by atoms with E-state index in [-0.39, 0.29) is 12.5 Å². The van der Waals surface area contributed by atoms with Crippen LogP contribution in [0.2, 0.25) is 0 Å². The largest absolute Gasteiger partial charge is 0.385 e. The molecular formula is C10H21NO3. The van der Waals surface area contributed by atoms with Crippen molar-refractivity contribution in [3.05, 3.63) is 0 Å². The van der Waals surface area contributed by atoms with Crippen LogP contribution in [0.25, 0.3) is 0 Å². The smallest absolute Gasteiger partial charge is 0.248 e. The van der Waals surface area contributed by atoms with Gasteiger partial charge in [0.1, 0.15) is 6.61 Å². The third-order valence-corrected chi connectivity index (χ3v) is 1.86. The molecule has 0 radical (unpaired) electrons. The zero-order valence-corrected chi connectivity index (χ0v) is 9.41. The maximum Gasteiger partial charge on any atom is 0.248 e. The molecule has 0 bridgehead atoms. The number of amides is 1. The summed E-state index contributed by atoms with van der Waals surface area (Å²) in [5, 5.41) is 0. The highest BCUT2D eigenvalue weighted by Crippen LogP contribution is 1.99. The van der Waals surface area contributed by atoms with E-state index in [1.807, 2.05) is 18.7 Å². The molecule has 0 saturated carbocycles. The van der Waals surface area contributed by atoms with E-state index >= 15 is 0 Å². The van der Waals surface area contributed by atoms with Crippen LogP contribution in [0.4, 0.5) is 0 Å². The molecule has 1 fully saturated rings. The van der Waals surface area contributed by atoms with Crippen molar-refractivity contribution in [3.63, 3.8) is 0 Å². The zero-order valence-electron chi connectivity index (χ0n) is 9.41. The Labute approximate surface area is 86.2 Å². The average Bonchev–Trinajstić information content (AvgIpc) is 2.24. The Balaban J connectivity index is 0.000000791. The van der Waals surface area contributed by atoms with Gasteiger partial charge >= 0.3 is 0 Å². The fraction of sp³-hybridized carbons (Fsp3) is 0.900. The maximum absolute atomic E-state index is 11.1. The summed E-state index contributed by atoms with van der Waals surface area (Å²) >= 11 is 0. The normalized spacial score (nSPS) is 16.2. The van der Waals surface area contributed by atoms with Crippen molar-refractivity contribution in [2.45, 2.75) is 20.3 Å². The van der Waals surface area contributed by atoms with Crippen LogP contribution in [-0.4, -0.2) is 50.8 Å². The van der Waals surface area contributed by atoms with Crippen molar-refractivity contribution in [2.75, 3.05) is 40.0 Å². The summed E-state index contributed by atoms with van der Waals surface area (Å²) in [6.45, 7) is 7.13. The number of carbonyl (C=O) groups excluding carboxylic acids is 1. The van der Waals surface area contributed by atoms with E-state index in [4.69, 9.17) is 9.47 Å². The maximum atomic E-state index is 11.1. The van der Waals surface area contributed by atoms with Crippen molar-refractivity contribution in [2.24, 2.45) is 0 Å². The van der Waals surface area contributed by atoms with Gasteiger partial charge in [-0.3, -0.25) is 4.79 Å². The summed E-state index contributed by atoms with van der Waals surface area (Å²) in [6, 6.07) is 0. The second-order valence-electron chi connectivity index (χ2n) is 2.78. The fourth-order valence-corrected chi connectivity index (χ4v) is 1.19. The highest BCUT2D eigenvalue weighted by Gasteiger charge is 2.17. The first kappa shape index (κ1) is 13.4. The monoisotopic (exact) mass is 203 g/mol. The molecule has 0 spiro atoms. The third-order valence-electron chi connectivity index (χ3n) is 1.86. The van der Waals surface area contributed by atoms with Crippen LogP contribution in [0.15, 0.2) is 0 Å². The van der Waals surface area contributed by atoms with Crippen molar-refractivity contribution in [1.82, 2.24) is 4.90 Å². The van der Waals surface area contributed by atoms with E-state index in [1.165, 1.54) is 0 Å². The first-order chi connectivity index (χ1) is 6.84. The van der Waals surface area contributed by atoms with Gasteiger partial charge in [0.05, 0.1) is 6.61 Å². The zero-order chi connectivity index (χ0) is 10.8. The molecule has 84 valence electrons. The van der Waals surface area contributed by atoms with Crippen LogP contribution >= 0.6 is 0 Å². The topological polar surface area (TPSA) is 38.8 Å². The number of hydrogen-bond acceptors (Lipinski definition) is 3. The fourth-order valence-electron chi connectivity index (χ4n) is 1.19. The minimum atomic E-state index is 0.0948. The summed E-state index contributed by atoms with van der Waals surface area (Å²) in [7, 11) is 1.67. The molecule has 0 aromatic carbocycles. The van der Waals surface area contributed by atoms with Crippen molar-refractivity contribution in [3.8, 4) is 0 Å². The molecule has 1 amide bonds. The number of nitrogens with zero attached hydrogens (tertiary/aromatic N) is 1. The molecule has 0 aromatic rings. The van der Waals surface area contributed by atoms with Gasteiger partial charge in [0, 0.05) is 26.8 Å². The van der Waals surface area contributed by atoms with Gasteiger partial charge in [-0.25, -0.2) is 0 Å². The first-order valence-corrected chi connectivity index (χ1v) is 5.19. The molecule has 0 N–H and O–H groups in total. The molecule has 14 heavy (non-hydrogen) atoms. The molecule has 1 aliphatic rings. The Morgan fingerprint density at radius 3 is 2.79 bits per heavy atom. The van der Waals surface area contributed by atoms with Crippen LogP contribution in [0.1, 0.15) is 20.3 Å². The van der Waals surface area contributed by atoms with Crippen molar-refractivity contribution < 1.29 is 14.3 Å².